The molecular formula is C18H36O3. The fourth-order valence-electron chi connectivity index (χ4n) is 2.38. The molecule has 0 fully saturated rings. The van der Waals surface area contributed by atoms with Gasteiger partial charge < -0.3 is 9.84 Å². The average Bonchev–Trinajstić information content (AvgIpc) is 2.49. The fraction of sp³-hybridized carbons (Fsp3) is 0.944. The molecule has 0 aliphatic rings. The predicted octanol–water partition coefficient (Wildman–Crippen LogP) is 4.66. The van der Waals surface area contributed by atoms with E-state index in [9.17, 15) is 4.79 Å². The Labute approximate surface area is 131 Å². The molecule has 0 rings (SSSR count). The van der Waals surface area contributed by atoms with E-state index in [-0.39, 0.29) is 6.61 Å². The smallest absolute Gasteiger partial charge is 0.132 e. The zero-order valence-electron chi connectivity index (χ0n) is 14.1. The van der Waals surface area contributed by atoms with Gasteiger partial charge in [0, 0.05) is 32.7 Å². The lowest BCUT2D eigenvalue weighted by molar-refractivity contribution is -0.119. The molecule has 0 aromatic carbocycles. The van der Waals surface area contributed by atoms with Gasteiger partial charge in [0.1, 0.15) is 5.78 Å². The highest BCUT2D eigenvalue weighted by Crippen LogP contribution is 2.11. The normalized spacial score (nSPS) is 11.0. The van der Waals surface area contributed by atoms with E-state index in [0.29, 0.717) is 31.8 Å². The first-order valence-corrected chi connectivity index (χ1v) is 9.01. The maximum atomic E-state index is 11.7. The molecule has 0 heterocycles. The second-order valence-electron chi connectivity index (χ2n) is 5.91. The summed E-state index contributed by atoms with van der Waals surface area (Å²) in [6.45, 7) is 3.78. The summed E-state index contributed by atoms with van der Waals surface area (Å²) in [5.74, 6) is 0.413. The minimum absolute atomic E-state index is 0.192. The van der Waals surface area contributed by atoms with E-state index in [1.54, 1.807) is 0 Å². The van der Waals surface area contributed by atoms with Gasteiger partial charge in [0.2, 0.25) is 0 Å². The van der Waals surface area contributed by atoms with E-state index < -0.39 is 0 Å². The summed E-state index contributed by atoms with van der Waals surface area (Å²) in [5, 5.41) is 8.59. The van der Waals surface area contributed by atoms with E-state index >= 15 is 0 Å². The summed E-state index contributed by atoms with van der Waals surface area (Å²) in [6.07, 6.45) is 14.4. The first-order valence-electron chi connectivity index (χ1n) is 9.01. The lowest BCUT2D eigenvalue weighted by atomic mass is 10.0. The Morgan fingerprint density at radius 2 is 1.29 bits per heavy atom. The zero-order chi connectivity index (χ0) is 15.6. The largest absolute Gasteiger partial charge is 0.396 e. The third-order valence-corrected chi connectivity index (χ3v) is 3.75. The highest BCUT2D eigenvalue weighted by atomic mass is 16.5. The molecule has 0 aromatic rings. The van der Waals surface area contributed by atoms with E-state index in [1.807, 2.05) is 0 Å². The summed E-state index contributed by atoms with van der Waals surface area (Å²) in [5.41, 5.74) is 0. The molecule has 0 atom stereocenters. The van der Waals surface area contributed by atoms with Gasteiger partial charge in [-0.25, -0.2) is 0 Å². The number of aliphatic hydroxyl groups excluding tert-OH is 1. The molecule has 0 saturated heterocycles. The van der Waals surface area contributed by atoms with E-state index in [2.05, 4.69) is 6.92 Å². The minimum atomic E-state index is 0.192. The van der Waals surface area contributed by atoms with Gasteiger partial charge in [-0.1, -0.05) is 51.9 Å². The Bertz CT molecular complexity index is 217. The molecule has 0 spiro atoms. The van der Waals surface area contributed by atoms with Crippen molar-refractivity contribution in [2.75, 3.05) is 19.8 Å². The number of hydrogen-bond acceptors (Lipinski definition) is 3. The van der Waals surface area contributed by atoms with Gasteiger partial charge >= 0.3 is 0 Å². The molecule has 3 nitrogen and oxygen atoms in total. The summed E-state index contributed by atoms with van der Waals surface area (Å²) >= 11 is 0. The van der Waals surface area contributed by atoms with Crippen LogP contribution < -0.4 is 0 Å². The monoisotopic (exact) mass is 300 g/mol. The number of carbonyl (C=O) groups is 1. The molecule has 0 saturated carbocycles. The van der Waals surface area contributed by atoms with Crippen molar-refractivity contribution in [3.8, 4) is 0 Å². The van der Waals surface area contributed by atoms with Crippen molar-refractivity contribution in [2.24, 2.45) is 0 Å². The summed E-state index contributed by atoms with van der Waals surface area (Å²) < 4.78 is 5.34. The van der Waals surface area contributed by atoms with Gasteiger partial charge in [0.05, 0.1) is 0 Å². The Hall–Kier alpha value is -0.410. The Balaban J connectivity index is 3.13. The first kappa shape index (κ1) is 20.6. The van der Waals surface area contributed by atoms with Crippen LogP contribution in [-0.4, -0.2) is 30.7 Å². The Morgan fingerprint density at radius 3 is 1.90 bits per heavy atom. The van der Waals surface area contributed by atoms with E-state index in [4.69, 9.17) is 9.84 Å². The first-order chi connectivity index (χ1) is 10.3. The fourth-order valence-corrected chi connectivity index (χ4v) is 2.38. The molecule has 0 aliphatic carbocycles. The summed E-state index contributed by atoms with van der Waals surface area (Å²) in [4.78, 5) is 11.7. The molecule has 0 radical (unpaired) electrons. The maximum absolute atomic E-state index is 11.7. The molecule has 3 heteroatoms. The molecule has 0 aliphatic heterocycles. The second kappa shape index (κ2) is 17.6. The Morgan fingerprint density at radius 1 is 0.762 bits per heavy atom. The van der Waals surface area contributed by atoms with Gasteiger partial charge in [0.25, 0.3) is 0 Å². The van der Waals surface area contributed by atoms with Crippen LogP contribution >= 0.6 is 0 Å². The van der Waals surface area contributed by atoms with E-state index in [1.165, 1.54) is 44.9 Å². The van der Waals surface area contributed by atoms with Crippen molar-refractivity contribution in [3.63, 3.8) is 0 Å². The van der Waals surface area contributed by atoms with Crippen molar-refractivity contribution in [3.05, 3.63) is 0 Å². The molecular weight excluding hydrogens is 264 g/mol. The topological polar surface area (TPSA) is 46.5 Å². The second-order valence-corrected chi connectivity index (χ2v) is 5.91. The van der Waals surface area contributed by atoms with Crippen LogP contribution in [0.2, 0.25) is 0 Å². The molecule has 21 heavy (non-hydrogen) atoms. The number of carbonyl (C=O) groups excluding carboxylic acids is 1. The lowest BCUT2D eigenvalue weighted by Gasteiger charge is -2.04. The molecule has 0 aromatic heterocycles. The standard InChI is InChI=1S/C18H36O3/c1-2-3-4-5-6-7-8-9-13-18(20)14-10-11-16-21-17-12-15-19/h19H,2-17H2,1H3. The van der Waals surface area contributed by atoms with Crippen LogP contribution in [0.3, 0.4) is 0 Å². The lowest BCUT2D eigenvalue weighted by Crippen LogP contribution is -2.01. The van der Waals surface area contributed by atoms with Crippen molar-refractivity contribution in [2.45, 2.75) is 90.4 Å². The third kappa shape index (κ3) is 17.5. The van der Waals surface area contributed by atoms with Gasteiger partial charge in [0.15, 0.2) is 0 Å². The van der Waals surface area contributed by atoms with Crippen molar-refractivity contribution in [1.82, 2.24) is 0 Å². The molecule has 0 bridgehead atoms. The highest BCUT2D eigenvalue weighted by molar-refractivity contribution is 5.78. The quantitative estimate of drug-likeness (QED) is 0.398. The van der Waals surface area contributed by atoms with E-state index in [0.717, 1.165) is 25.7 Å². The van der Waals surface area contributed by atoms with Crippen LogP contribution in [-0.2, 0) is 9.53 Å². The van der Waals surface area contributed by atoms with Gasteiger partial charge in [-0.3, -0.25) is 4.79 Å². The molecule has 0 unspecified atom stereocenters. The summed E-state index contributed by atoms with van der Waals surface area (Å²) in [6, 6.07) is 0. The van der Waals surface area contributed by atoms with Crippen LogP contribution in [0.5, 0.6) is 0 Å². The average molecular weight is 300 g/mol. The molecule has 1 N–H and O–H groups in total. The van der Waals surface area contributed by atoms with Crippen molar-refractivity contribution >= 4 is 5.78 Å². The Kier molecular flexibility index (Phi) is 17.3. The van der Waals surface area contributed by atoms with Crippen LogP contribution in [0.1, 0.15) is 90.4 Å². The van der Waals surface area contributed by atoms with Crippen LogP contribution in [0.15, 0.2) is 0 Å². The van der Waals surface area contributed by atoms with Crippen LogP contribution in [0, 0.1) is 0 Å². The molecule has 126 valence electrons. The number of unbranched alkanes of at least 4 members (excludes halogenated alkanes) is 8. The molecule has 0 amide bonds. The number of ether oxygens (including phenoxy) is 1. The number of ketones is 1. The van der Waals surface area contributed by atoms with Crippen molar-refractivity contribution in [1.29, 1.82) is 0 Å². The maximum Gasteiger partial charge on any atom is 0.132 e. The van der Waals surface area contributed by atoms with Crippen LogP contribution in [0.25, 0.3) is 0 Å². The van der Waals surface area contributed by atoms with Gasteiger partial charge in [-0.15, -0.1) is 0 Å². The third-order valence-electron chi connectivity index (χ3n) is 3.75. The van der Waals surface area contributed by atoms with Gasteiger partial charge in [-0.05, 0) is 25.7 Å². The number of rotatable bonds is 17. The summed E-state index contributed by atoms with van der Waals surface area (Å²) in [7, 11) is 0. The number of aliphatic hydroxyl groups is 1. The number of hydrogen-bond donors (Lipinski definition) is 1. The number of Topliss-reactive ketones (excluding diaryl/α,β-unsaturated/α-hetero) is 1. The minimum Gasteiger partial charge on any atom is -0.396 e. The van der Waals surface area contributed by atoms with Crippen molar-refractivity contribution < 1.29 is 14.6 Å². The predicted molar refractivity (Wildman–Crippen MR) is 88.6 cm³/mol. The highest BCUT2D eigenvalue weighted by Gasteiger charge is 2.01. The van der Waals surface area contributed by atoms with Crippen LogP contribution in [0.4, 0.5) is 0 Å². The van der Waals surface area contributed by atoms with Gasteiger partial charge in [-0.2, -0.15) is 0 Å². The zero-order valence-corrected chi connectivity index (χ0v) is 14.1. The SMILES string of the molecule is CCCCCCCCCCC(=O)CCCCOCCCO.